The summed E-state index contributed by atoms with van der Waals surface area (Å²) in [5, 5.41) is 0. The van der Waals surface area contributed by atoms with Crippen LogP contribution >= 0.6 is 7.82 Å². The highest BCUT2D eigenvalue weighted by atomic mass is 31.2. The molecule has 0 bridgehead atoms. The Balaban J connectivity index is 4.19. The van der Waals surface area contributed by atoms with Gasteiger partial charge in [-0.3, -0.25) is 13.8 Å². The molecule has 0 fully saturated rings. The van der Waals surface area contributed by atoms with Gasteiger partial charge in [-0.05, 0) is 128 Å². The second-order valence-corrected chi connectivity index (χ2v) is 17.4. The molecule has 2 atom stereocenters. The summed E-state index contributed by atoms with van der Waals surface area (Å²) in [5.41, 5.74) is 5.38. The molecule has 0 spiro atoms. The van der Waals surface area contributed by atoms with Crippen LogP contribution in [0, 0.1) is 0 Å². The minimum Gasteiger partial charge on any atom is -0.457 e. The van der Waals surface area contributed by atoms with Crippen LogP contribution in [-0.2, 0) is 27.9 Å². The number of esters is 1. The van der Waals surface area contributed by atoms with Gasteiger partial charge < -0.3 is 20.1 Å². The fraction of sp³-hybridized carbons (Fsp3) is 0.508. The third-order valence-corrected chi connectivity index (χ3v) is 10.6. The first-order valence-electron chi connectivity index (χ1n) is 25.6. The maximum absolute atomic E-state index is 12.7. The van der Waals surface area contributed by atoms with Gasteiger partial charge in [0.2, 0.25) is 0 Å². The number of carbonyl (C=O) groups excluding carboxylic acids is 1. The largest absolute Gasteiger partial charge is 0.472 e. The lowest BCUT2D eigenvalue weighted by atomic mass is 10.1. The first kappa shape index (κ1) is 63.9. The number of phosphoric ester groups is 1. The molecule has 0 rings (SSSR count). The first-order valence-corrected chi connectivity index (χ1v) is 27.1. The summed E-state index contributed by atoms with van der Waals surface area (Å²) < 4.78 is 33.5. The third kappa shape index (κ3) is 52.8. The molecule has 0 saturated carbocycles. The summed E-state index contributed by atoms with van der Waals surface area (Å²) in [5.74, 6) is -0.386. The van der Waals surface area contributed by atoms with Crippen LogP contribution in [0.15, 0.2) is 170 Å². The fourth-order valence-electron chi connectivity index (χ4n) is 5.95. The number of carbonyl (C=O) groups is 1. The Kier molecular flexibility index (Phi) is 50.5. The summed E-state index contributed by atoms with van der Waals surface area (Å²) in [6.45, 7) is 4.48. The zero-order chi connectivity index (χ0) is 49.4. The van der Waals surface area contributed by atoms with Gasteiger partial charge >= 0.3 is 13.8 Å². The van der Waals surface area contributed by atoms with E-state index < -0.39 is 13.9 Å². The molecule has 0 aliphatic heterocycles. The van der Waals surface area contributed by atoms with Crippen molar-refractivity contribution in [3.63, 3.8) is 0 Å². The molecule has 9 heteroatoms. The van der Waals surface area contributed by atoms with Crippen molar-refractivity contribution in [1.29, 1.82) is 0 Å². The summed E-state index contributed by atoms with van der Waals surface area (Å²) in [6, 6.07) is 0. The average Bonchev–Trinajstić information content (AvgIpc) is 3.33. The van der Waals surface area contributed by atoms with E-state index in [-0.39, 0.29) is 38.8 Å². The average molecular weight is 958 g/mol. The van der Waals surface area contributed by atoms with E-state index in [4.69, 9.17) is 24.3 Å². The number of allylic oxidation sites excluding steroid dienone is 28. The summed E-state index contributed by atoms with van der Waals surface area (Å²) in [4.78, 5) is 22.6. The topological polar surface area (TPSA) is 117 Å². The van der Waals surface area contributed by atoms with Gasteiger partial charge in [0.1, 0.15) is 6.10 Å². The van der Waals surface area contributed by atoms with Gasteiger partial charge in [-0.25, -0.2) is 4.57 Å². The van der Waals surface area contributed by atoms with Crippen LogP contribution in [-0.4, -0.2) is 49.9 Å². The van der Waals surface area contributed by atoms with E-state index in [1.165, 1.54) is 0 Å². The lowest BCUT2D eigenvalue weighted by molar-refractivity contribution is -0.154. The Morgan fingerprint density at radius 1 is 0.441 bits per heavy atom. The van der Waals surface area contributed by atoms with Crippen molar-refractivity contribution < 1.29 is 32.8 Å². The zero-order valence-corrected chi connectivity index (χ0v) is 43.2. The standard InChI is InChI=1S/C59H92NO7P/c1-3-5-7-9-11-13-15-17-19-21-23-25-27-29-30-32-34-36-38-40-42-44-46-48-50-52-59(61)67-58(57-66-68(62,63)65-55-53-60)56-64-54-51-49-47-45-43-41-39-37-35-33-31-28-26-24-22-20-18-16-14-12-10-8-6-4-2/h5-8,11-14,17-20,23-26,29-31,33-34,36-37,39-40,42-43,45,58H,3-4,9-10,15-16,21-22,27-28,32,35,38,41,44,46-57,60H2,1-2H3,(H,62,63)/b7-5-,8-6-,13-11-,14-12-,19-17-,20-18-,25-23-,26-24-,30-29-,33-31-,36-34-,39-37-,42-40-,45-43-. The van der Waals surface area contributed by atoms with Crippen molar-refractivity contribution in [2.75, 3.05) is 33.0 Å². The highest BCUT2D eigenvalue weighted by molar-refractivity contribution is 7.47. The van der Waals surface area contributed by atoms with E-state index in [1.54, 1.807) is 0 Å². The number of unbranched alkanes of at least 4 members (excludes halogenated alkanes) is 5. The van der Waals surface area contributed by atoms with Gasteiger partial charge in [0, 0.05) is 19.6 Å². The maximum atomic E-state index is 12.7. The molecule has 0 radical (unpaired) electrons. The zero-order valence-electron chi connectivity index (χ0n) is 42.3. The molecular weight excluding hydrogens is 866 g/mol. The van der Waals surface area contributed by atoms with E-state index >= 15 is 0 Å². The van der Waals surface area contributed by atoms with Crippen molar-refractivity contribution in [1.82, 2.24) is 0 Å². The van der Waals surface area contributed by atoms with Crippen molar-refractivity contribution in [2.24, 2.45) is 5.73 Å². The van der Waals surface area contributed by atoms with Gasteiger partial charge in [-0.1, -0.05) is 190 Å². The highest BCUT2D eigenvalue weighted by Crippen LogP contribution is 2.43. The molecular formula is C59H92NO7P. The Bertz CT molecular complexity index is 1640. The number of nitrogens with two attached hydrogens (primary N) is 1. The van der Waals surface area contributed by atoms with Crippen molar-refractivity contribution in [2.45, 2.75) is 161 Å². The normalized spacial score (nSPS) is 14.7. The third-order valence-electron chi connectivity index (χ3n) is 9.63. The van der Waals surface area contributed by atoms with Gasteiger partial charge in [0.15, 0.2) is 0 Å². The molecule has 0 aliphatic rings. The van der Waals surface area contributed by atoms with Gasteiger partial charge in [-0.2, -0.15) is 0 Å². The second kappa shape index (κ2) is 53.8. The van der Waals surface area contributed by atoms with E-state index in [9.17, 15) is 14.3 Å². The number of hydrogen-bond donors (Lipinski definition) is 2. The van der Waals surface area contributed by atoms with Crippen molar-refractivity contribution >= 4 is 13.8 Å². The van der Waals surface area contributed by atoms with Crippen LogP contribution in [0.3, 0.4) is 0 Å². The highest BCUT2D eigenvalue weighted by Gasteiger charge is 2.25. The Morgan fingerprint density at radius 2 is 0.779 bits per heavy atom. The Labute approximate surface area is 415 Å². The number of ether oxygens (including phenoxy) is 2. The lowest BCUT2D eigenvalue weighted by Gasteiger charge is -2.20. The van der Waals surface area contributed by atoms with Gasteiger partial charge in [-0.15, -0.1) is 0 Å². The molecule has 0 aromatic rings. The molecule has 0 heterocycles. The molecule has 0 aromatic heterocycles. The van der Waals surface area contributed by atoms with Crippen LogP contribution in [0.2, 0.25) is 0 Å². The van der Waals surface area contributed by atoms with E-state index in [1.807, 2.05) is 0 Å². The number of hydrogen-bond acceptors (Lipinski definition) is 7. The van der Waals surface area contributed by atoms with Crippen LogP contribution < -0.4 is 5.73 Å². The smallest absolute Gasteiger partial charge is 0.457 e. The first-order chi connectivity index (χ1) is 33.4. The van der Waals surface area contributed by atoms with Crippen LogP contribution in [0.25, 0.3) is 0 Å². The molecule has 380 valence electrons. The Hall–Kier alpha value is -4.14. The molecule has 8 nitrogen and oxygen atoms in total. The van der Waals surface area contributed by atoms with Crippen LogP contribution in [0.5, 0.6) is 0 Å². The monoisotopic (exact) mass is 958 g/mol. The minimum absolute atomic E-state index is 0.0582. The van der Waals surface area contributed by atoms with Gasteiger partial charge in [0.25, 0.3) is 0 Å². The molecule has 0 aliphatic carbocycles. The number of phosphoric acid groups is 1. The molecule has 2 unspecified atom stereocenters. The SMILES string of the molecule is CC/C=C\C/C=C\C/C=C\C/C=C\C/C=C\C/C=C\C/C=C\CCCCCC(=O)OC(COCCCC/C=C\C/C=C\C/C=C\C/C=C\C/C=C\C/C=C\C/C=C\CC)COP(=O)(O)OCCN. The summed E-state index contributed by atoms with van der Waals surface area (Å²) in [7, 11) is -4.32. The predicted molar refractivity (Wildman–Crippen MR) is 292 cm³/mol. The van der Waals surface area contributed by atoms with E-state index in [2.05, 4.69) is 184 Å². The van der Waals surface area contributed by atoms with Crippen LogP contribution in [0.1, 0.15) is 155 Å². The molecule has 0 aromatic carbocycles. The lowest BCUT2D eigenvalue weighted by Crippen LogP contribution is -2.28. The molecule has 0 amide bonds. The van der Waals surface area contributed by atoms with E-state index in [0.29, 0.717) is 13.0 Å². The van der Waals surface area contributed by atoms with Crippen molar-refractivity contribution in [3.05, 3.63) is 170 Å². The van der Waals surface area contributed by atoms with E-state index in [0.717, 1.165) is 128 Å². The van der Waals surface area contributed by atoms with Crippen LogP contribution in [0.4, 0.5) is 0 Å². The molecule has 3 N–H and O–H groups in total. The fourth-order valence-corrected chi connectivity index (χ4v) is 6.72. The summed E-state index contributed by atoms with van der Waals surface area (Å²) >= 11 is 0. The van der Waals surface area contributed by atoms with Gasteiger partial charge in [0.05, 0.1) is 19.8 Å². The summed E-state index contributed by atoms with van der Waals surface area (Å²) in [6.07, 6.45) is 81.1. The minimum atomic E-state index is -4.32. The number of rotatable bonds is 46. The quantitative estimate of drug-likeness (QED) is 0.0268. The Morgan fingerprint density at radius 3 is 1.13 bits per heavy atom. The van der Waals surface area contributed by atoms with Crippen molar-refractivity contribution in [3.8, 4) is 0 Å². The molecule has 0 saturated heterocycles. The maximum Gasteiger partial charge on any atom is 0.472 e. The predicted octanol–water partition coefficient (Wildman–Crippen LogP) is 16.4. The molecule has 68 heavy (non-hydrogen) atoms. The second-order valence-electron chi connectivity index (χ2n) is 15.9.